The molecule has 0 saturated carbocycles. The van der Waals surface area contributed by atoms with Crippen molar-refractivity contribution in [3.8, 4) is 6.07 Å². The highest BCUT2D eigenvalue weighted by molar-refractivity contribution is 6.32. The molecule has 0 radical (unpaired) electrons. The van der Waals surface area contributed by atoms with Gasteiger partial charge >= 0.3 is 5.65 Å². The lowest BCUT2D eigenvalue weighted by Gasteiger charge is -2.30. The molecule has 0 spiro atoms. The van der Waals surface area contributed by atoms with Crippen LogP contribution in [-0.2, 0) is 13.6 Å². The molecule has 3 aromatic heterocycles. The standard InChI is InChI=1S/C23H27Cl2N7/c1-13(2)18-9-17(28-23-22(18)15(5)30-31(23)6)12-32(14(3)4)21(7-8-26)27-16-10-19(24)29-20(25)11-16/h7,9-11,13-14H,12H2,1-6H3,(H,27,29)/p+1/b21-7+. The molecule has 3 aromatic rings. The SMILES string of the molecule is Cc1[nH][n+](C)c2nc(CN(/C(=C/C#N)Nc3cc(Cl)nc(Cl)c3)C(C)C)cc(C(C)C)c12. The molecule has 0 aliphatic heterocycles. The highest BCUT2D eigenvalue weighted by Gasteiger charge is 2.24. The number of allylic oxidation sites excluding steroid dienone is 1. The average molecular weight is 473 g/mol. The summed E-state index contributed by atoms with van der Waals surface area (Å²) >= 11 is 12.1. The fraction of sp³-hybridized carbons (Fsp3) is 0.391. The van der Waals surface area contributed by atoms with Crippen LogP contribution in [0.1, 0.15) is 50.6 Å². The maximum absolute atomic E-state index is 9.44. The van der Waals surface area contributed by atoms with Crippen LogP contribution < -0.4 is 10.00 Å². The van der Waals surface area contributed by atoms with Crippen molar-refractivity contribution < 1.29 is 4.68 Å². The number of H-pyrrole nitrogens is 1. The molecule has 0 amide bonds. The van der Waals surface area contributed by atoms with Gasteiger partial charge in [-0.25, -0.2) is 10.1 Å². The van der Waals surface area contributed by atoms with Gasteiger partial charge in [-0.05, 0) is 55.4 Å². The van der Waals surface area contributed by atoms with Crippen molar-refractivity contribution in [1.82, 2.24) is 20.0 Å². The van der Waals surface area contributed by atoms with E-state index < -0.39 is 0 Å². The largest absolute Gasteiger partial charge is 0.350 e. The summed E-state index contributed by atoms with van der Waals surface area (Å²) in [5.41, 5.74) is 4.83. The summed E-state index contributed by atoms with van der Waals surface area (Å²) in [7, 11) is 1.97. The molecule has 0 aliphatic carbocycles. The molecule has 0 aromatic carbocycles. The number of hydrogen-bond acceptors (Lipinski definition) is 5. The van der Waals surface area contributed by atoms with E-state index in [-0.39, 0.29) is 16.3 Å². The topological polar surface area (TPSA) is 84.5 Å². The maximum atomic E-state index is 9.44. The van der Waals surface area contributed by atoms with Crippen LogP contribution in [0.3, 0.4) is 0 Å². The summed E-state index contributed by atoms with van der Waals surface area (Å²) in [6.45, 7) is 11.1. The van der Waals surface area contributed by atoms with Crippen molar-refractivity contribution in [2.45, 2.75) is 53.1 Å². The van der Waals surface area contributed by atoms with E-state index in [1.54, 1.807) is 12.1 Å². The molecule has 0 fully saturated rings. The van der Waals surface area contributed by atoms with Gasteiger partial charge in [-0.1, -0.05) is 37.0 Å². The molecule has 0 aliphatic rings. The lowest BCUT2D eigenvalue weighted by Crippen LogP contribution is -2.34. The van der Waals surface area contributed by atoms with E-state index in [0.717, 1.165) is 22.4 Å². The molecule has 32 heavy (non-hydrogen) atoms. The molecule has 0 unspecified atom stereocenters. The van der Waals surface area contributed by atoms with Crippen LogP contribution in [0, 0.1) is 18.3 Å². The molecular formula is C23H28Cl2N7+. The van der Waals surface area contributed by atoms with Crippen molar-refractivity contribution in [2.24, 2.45) is 7.05 Å². The van der Waals surface area contributed by atoms with Crippen molar-refractivity contribution in [2.75, 3.05) is 5.32 Å². The van der Waals surface area contributed by atoms with Crippen LogP contribution in [0.5, 0.6) is 0 Å². The number of nitriles is 1. The molecule has 9 heteroatoms. The first-order valence-corrected chi connectivity index (χ1v) is 11.2. The zero-order valence-electron chi connectivity index (χ0n) is 19.2. The second-order valence-electron chi connectivity index (χ2n) is 8.36. The molecule has 7 nitrogen and oxygen atoms in total. The summed E-state index contributed by atoms with van der Waals surface area (Å²) in [5.74, 6) is 0.970. The van der Waals surface area contributed by atoms with Gasteiger partial charge in [-0.2, -0.15) is 9.94 Å². The Morgan fingerprint density at radius 1 is 1.22 bits per heavy atom. The molecule has 168 valence electrons. The van der Waals surface area contributed by atoms with Gasteiger partial charge in [0.05, 0.1) is 29.8 Å². The summed E-state index contributed by atoms with van der Waals surface area (Å²) in [6.07, 6.45) is 1.48. The third kappa shape index (κ3) is 5.14. The molecule has 0 saturated heterocycles. The fourth-order valence-corrected chi connectivity index (χ4v) is 4.25. The summed E-state index contributed by atoms with van der Waals surface area (Å²) in [6, 6.07) is 7.72. The van der Waals surface area contributed by atoms with Gasteiger partial charge in [-0.15, -0.1) is 0 Å². The Morgan fingerprint density at radius 3 is 2.44 bits per heavy atom. The Balaban J connectivity index is 2.03. The number of nitrogens with one attached hydrogen (secondary N) is 2. The van der Waals surface area contributed by atoms with Crippen LogP contribution in [0.4, 0.5) is 5.69 Å². The number of pyridine rings is 2. The monoisotopic (exact) mass is 472 g/mol. The number of fused-ring (bicyclic) bond motifs is 1. The third-order valence-corrected chi connectivity index (χ3v) is 5.62. The highest BCUT2D eigenvalue weighted by Crippen LogP contribution is 2.28. The first kappa shape index (κ1) is 23.8. The van der Waals surface area contributed by atoms with Crippen LogP contribution in [0.15, 0.2) is 30.1 Å². The molecule has 2 N–H and O–H groups in total. The Morgan fingerprint density at radius 2 is 1.88 bits per heavy atom. The van der Waals surface area contributed by atoms with Gasteiger partial charge in [0.15, 0.2) is 5.69 Å². The lowest BCUT2D eigenvalue weighted by molar-refractivity contribution is -0.705. The smallest absolute Gasteiger partial charge is 0.347 e. The number of nitrogens with zero attached hydrogens (tertiary/aromatic N) is 5. The van der Waals surface area contributed by atoms with Crippen LogP contribution in [0.25, 0.3) is 11.0 Å². The summed E-state index contributed by atoms with van der Waals surface area (Å²) in [4.78, 5) is 11.0. The first-order chi connectivity index (χ1) is 15.1. The average Bonchev–Trinajstić information content (AvgIpc) is 2.98. The summed E-state index contributed by atoms with van der Waals surface area (Å²) < 4.78 is 1.95. The first-order valence-electron chi connectivity index (χ1n) is 10.4. The Kier molecular flexibility index (Phi) is 7.27. The number of aryl methyl sites for hydroxylation is 2. The van der Waals surface area contributed by atoms with E-state index in [2.05, 4.69) is 67.1 Å². The number of hydrogen-bond donors (Lipinski definition) is 2. The quantitative estimate of drug-likeness (QED) is 0.280. The molecule has 3 heterocycles. The van der Waals surface area contributed by atoms with Crippen molar-refractivity contribution >= 4 is 39.9 Å². The molecular weight excluding hydrogens is 445 g/mol. The Labute approximate surface area is 198 Å². The van der Waals surface area contributed by atoms with E-state index in [9.17, 15) is 5.26 Å². The van der Waals surface area contributed by atoms with Gasteiger partial charge in [0.2, 0.25) is 0 Å². The van der Waals surface area contributed by atoms with Gasteiger partial charge in [0.25, 0.3) is 0 Å². The van der Waals surface area contributed by atoms with Crippen LogP contribution in [-0.4, -0.2) is 26.0 Å². The number of rotatable bonds is 7. The van der Waals surface area contributed by atoms with E-state index in [1.165, 1.54) is 11.6 Å². The predicted octanol–water partition coefficient (Wildman–Crippen LogP) is 5.21. The van der Waals surface area contributed by atoms with E-state index >= 15 is 0 Å². The maximum Gasteiger partial charge on any atom is 0.350 e. The van der Waals surface area contributed by atoms with Gasteiger partial charge in [-0.3, -0.25) is 0 Å². The zero-order chi connectivity index (χ0) is 23.6. The minimum Gasteiger partial charge on any atom is -0.347 e. The second-order valence-corrected chi connectivity index (χ2v) is 9.13. The predicted molar refractivity (Wildman–Crippen MR) is 128 cm³/mol. The number of anilines is 1. The third-order valence-electron chi connectivity index (χ3n) is 5.24. The lowest BCUT2D eigenvalue weighted by atomic mass is 9.98. The normalized spacial score (nSPS) is 12.0. The van der Waals surface area contributed by atoms with Crippen molar-refractivity contribution in [1.29, 1.82) is 5.26 Å². The Bertz CT molecular complexity index is 1190. The van der Waals surface area contributed by atoms with Crippen molar-refractivity contribution in [3.05, 3.63) is 57.4 Å². The van der Waals surface area contributed by atoms with Gasteiger partial charge in [0, 0.05) is 11.7 Å². The summed E-state index contributed by atoms with van der Waals surface area (Å²) in [5, 5.41) is 17.8. The number of aromatic nitrogens is 4. The van der Waals surface area contributed by atoms with Crippen LogP contribution >= 0.6 is 23.2 Å². The number of aromatic amines is 1. The van der Waals surface area contributed by atoms with Crippen molar-refractivity contribution in [3.63, 3.8) is 0 Å². The molecule has 0 bridgehead atoms. The Hall–Kier alpha value is -2.82. The molecule has 3 rings (SSSR count). The fourth-order valence-electron chi connectivity index (χ4n) is 3.79. The number of halogens is 2. The van der Waals surface area contributed by atoms with Gasteiger partial charge in [0.1, 0.15) is 23.2 Å². The molecule has 0 atom stereocenters. The minimum atomic E-state index is 0.0941. The van der Waals surface area contributed by atoms with Crippen LogP contribution in [0.2, 0.25) is 10.3 Å². The second kappa shape index (κ2) is 9.76. The van der Waals surface area contributed by atoms with E-state index in [1.807, 2.05) is 11.7 Å². The van der Waals surface area contributed by atoms with Gasteiger partial charge < -0.3 is 10.2 Å². The minimum absolute atomic E-state index is 0.0941. The highest BCUT2D eigenvalue weighted by atomic mass is 35.5. The zero-order valence-corrected chi connectivity index (χ0v) is 20.7. The van der Waals surface area contributed by atoms with E-state index in [0.29, 0.717) is 24.0 Å². The van der Waals surface area contributed by atoms with E-state index in [4.69, 9.17) is 28.2 Å².